The third kappa shape index (κ3) is 6.56. The molecule has 0 aliphatic rings. The van der Waals surface area contributed by atoms with Gasteiger partial charge in [-0.3, -0.25) is 0 Å². The highest BCUT2D eigenvalue weighted by atomic mass is 14.0. The third-order valence-corrected chi connectivity index (χ3v) is 2.96. The van der Waals surface area contributed by atoms with Crippen molar-refractivity contribution < 1.29 is 0 Å². The van der Waals surface area contributed by atoms with Gasteiger partial charge in [-0.15, -0.1) is 0 Å². The van der Waals surface area contributed by atoms with Crippen molar-refractivity contribution >= 4 is 0 Å². The molecule has 2 aromatic rings. The van der Waals surface area contributed by atoms with E-state index in [2.05, 4.69) is 62.4 Å². The lowest BCUT2D eigenvalue weighted by molar-refractivity contribution is 1.12. The zero-order chi connectivity index (χ0) is 15.4. The van der Waals surface area contributed by atoms with Crippen molar-refractivity contribution in [1.82, 2.24) is 0 Å². The zero-order valence-corrected chi connectivity index (χ0v) is 14.0. The molecular formula is C20H30. The molecule has 0 amide bonds. The predicted octanol–water partition coefficient (Wildman–Crippen LogP) is 6.20. The quantitative estimate of drug-likeness (QED) is 0.623. The highest BCUT2D eigenvalue weighted by Gasteiger charge is 1.96. The van der Waals surface area contributed by atoms with Crippen molar-refractivity contribution in [2.75, 3.05) is 0 Å². The van der Waals surface area contributed by atoms with Gasteiger partial charge >= 0.3 is 0 Å². The van der Waals surface area contributed by atoms with E-state index in [0.717, 1.165) is 12.8 Å². The summed E-state index contributed by atoms with van der Waals surface area (Å²) in [6.45, 7) is 12.3. The summed E-state index contributed by atoms with van der Waals surface area (Å²) in [5.74, 6) is 0. The molecule has 0 radical (unpaired) electrons. The number of benzene rings is 2. The van der Waals surface area contributed by atoms with Gasteiger partial charge in [-0.1, -0.05) is 88.7 Å². The number of hydrogen-bond acceptors (Lipinski definition) is 0. The summed E-state index contributed by atoms with van der Waals surface area (Å²) in [4.78, 5) is 0. The van der Waals surface area contributed by atoms with Gasteiger partial charge in [0.15, 0.2) is 0 Å². The molecule has 0 spiro atoms. The van der Waals surface area contributed by atoms with Crippen LogP contribution in [0.15, 0.2) is 48.5 Å². The van der Waals surface area contributed by atoms with E-state index in [1.165, 1.54) is 22.3 Å². The SMILES string of the molecule is CC.CC.CCc1ccc(Cc2ccc(C)cc2)cc1. The molecule has 0 heterocycles. The number of rotatable bonds is 3. The molecule has 0 bridgehead atoms. The van der Waals surface area contributed by atoms with Crippen molar-refractivity contribution in [2.45, 2.75) is 54.4 Å². The molecule has 0 heteroatoms. The van der Waals surface area contributed by atoms with Crippen LogP contribution in [-0.2, 0) is 12.8 Å². The lowest BCUT2D eigenvalue weighted by Gasteiger charge is -2.03. The van der Waals surface area contributed by atoms with E-state index in [1.807, 2.05) is 27.7 Å². The van der Waals surface area contributed by atoms with Crippen molar-refractivity contribution in [1.29, 1.82) is 0 Å². The first-order chi connectivity index (χ1) is 9.78. The highest BCUT2D eigenvalue weighted by Crippen LogP contribution is 2.12. The van der Waals surface area contributed by atoms with Gasteiger partial charge in [-0.05, 0) is 36.5 Å². The molecule has 0 unspecified atom stereocenters. The minimum absolute atomic E-state index is 1.03. The summed E-state index contributed by atoms with van der Waals surface area (Å²) >= 11 is 0. The van der Waals surface area contributed by atoms with Crippen molar-refractivity contribution in [3.63, 3.8) is 0 Å². The highest BCUT2D eigenvalue weighted by molar-refractivity contribution is 5.30. The molecule has 0 saturated carbocycles. The summed E-state index contributed by atoms with van der Waals surface area (Å²) in [6, 6.07) is 17.7. The normalized spacial score (nSPS) is 8.90. The Balaban J connectivity index is 0.000000829. The van der Waals surface area contributed by atoms with Crippen LogP contribution in [-0.4, -0.2) is 0 Å². The van der Waals surface area contributed by atoms with Crippen molar-refractivity contribution in [3.8, 4) is 0 Å². The Bertz CT molecular complexity index is 434. The first-order valence-corrected chi connectivity index (χ1v) is 7.91. The van der Waals surface area contributed by atoms with E-state index in [0.29, 0.717) is 0 Å². The number of aryl methyl sites for hydroxylation is 2. The fraction of sp³-hybridized carbons (Fsp3) is 0.400. The van der Waals surface area contributed by atoms with E-state index >= 15 is 0 Å². The first-order valence-electron chi connectivity index (χ1n) is 7.91. The van der Waals surface area contributed by atoms with Crippen LogP contribution >= 0.6 is 0 Å². The van der Waals surface area contributed by atoms with E-state index in [-0.39, 0.29) is 0 Å². The van der Waals surface area contributed by atoms with Gasteiger partial charge in [0, 0.05) is 0 Å². The molecule has 0 atom stereocenters. The van der Waals surface area contributed by atoms with Gasteiger partial charge in [0.1, 0.15) is 0 Å². The first kappa shape index (κ1) is 18.4. The van der Waals surface area contributed by atoms with Crippen LogP contribution in [0.3, 0.4) is 0 Å². The Morgan fingerprint density at radius 3 is 1.35 bits per heavy atom. The minimum atomic E-state index is 1.03. The maximum Gasteiger partial charge on any atom is -0.00258 e. The van der Waals surface area contributed by atoms with Crippen LogP contribution in [0.1, 0.15) is 56.9 Å². The molecule has 0 aliphatic heterocycles. The lowest BCUT2D eigenvalue weighted by atomic mass is 10.0. The summed E-state index contributed by atoms with van der Waals surface area (Å²) in [6.07, 6.45) is 2.15. The molecule has 20 heavy (non-hydrogen) atoms. The summed E-state index contributed by atoms with van der Waals surface area (Å²) in [5.41, 5.74) is 5.51. The number of hydrogen-bond donors (Lipinski definition) is 0. The van der Waals surface area contributed by atoms with E-state index in [4.69, 9.17) is 0 Å². The molecule has 0 N–H and O–H groups in total. The van der Waals surface area contributed by atoms with Gasteiger partial charge in [0.05, 0.1) is 0 Å². The third-order valence-electron chi connectivity index (χ3n) is 2.96. The molecule has 0 nitrogen and oxygen atoms in total. The average Bonchev–Trinajstić information content (AvgIpc) is 2.54. The van der Waals surface area contributed by atoms with Gasteiger partial charge in [0.25, 0.3) is 0 Å². The Morgan fingerprint density at radius 1 is 0.600 bits per heavy atom. The molecule has 2 rings (SSSR count). The van der Waals surface area contributed by atoms with Crippen LogP contribution in [0.2, 0.25) is 0 Å². The van der Waals surface area contributed by atoms with Crippen molar-refractivity contribution in [3.05, 3.63) is 70.8 Å². The van der Waals surface area contributed by atoms with Crippen LogP contribution < -0.4 is 0 Å². The molecule has 2 aromatic carbocycles. The lowest BCUT2D eigenvalue weighted by Crippen LogP contribution is -1.89. The molecular weight excluding hydrogens is 240 g/mol. The Morgan fingerprint density at radius 2 is 0.950 bits per heavy atom. The average molecular weight is 270 g/mol. The van der Waals surface area contributed by atoms with E-state index in [1.54, 1.807) is 0 Å². The molecule has 0 fully saturated rings. The second-order valence-electron chi connectivity index (χ2n) is 4.33. The molecule has 0 aromatic heterocycles. The maximum absolute atomic E-state index is 2.23. The fourth-order valence-electron chi connectivity index (χ4n) is 1.83. The fourth-order valence-corrected chi connectivity index (χ4v) is 1.83. The van der Waals surface area contributed by atoms with Crippen LogP contribution in [0.25, 0.3) is 0 Å². The van der Waals surface area contributed by atoms with Crippen LogP contribution in [0.4, 0.5) is 0 Å². The van der Waals surface area contributed by atoms with Crippen LogP contribution in [0.5, 0.6) is 0 Å². The maximum atomic E-state index is 2.23. The minimum Gasteiger partial charge on any atom is -0.0683 e. The Hall–Kier alpha value is -1.56. The molecule has 0 saturated heterocycles. The standard InChI is InChI=1S/C16H18.2C2H6/c1-3-14-8-10-16(11-9-14)12-15-6-4-13(2)5-7-15;2*1-2/h4-11H,3,12H2,1-2H3;2*1-2H3. The van der Waals surface area contributed by atoms with Gasteiger partial charge in [-0.25, -0.2) is 0 Å². The van der Waals surface area contributed by atoms with E-state index < -0.39 is 0 Å². The van der Waals surface area contributed by atoms with E-state index in [9.17, 15) is 0 Å². The second-order valence-corrected chi connectivity index (χ2v) is 4.33. The zero-order valence-electron chi connectivity index (χ0n) is 14.0. The smallest absolute Gasteiger partial charge is 0.00258 e. The summed E-state index contributed by atoms with van der Waals surface area (Å²) < 4.78 is 0. The van der Waals surface area contributed by atoms with Gasteiger partial charge in [-0.2, -0.15) is 0 Å². The topological polar surface area (TPSA) is 0 Å². The summed E-state index contributed by atoms with van der Waals surface area (Å²) in [5, 5.41) is 0. The van der Waals surface area contributed by atoms with Gasteiger partial charge < -0.3 is 0 Å². The van der Waals surface area contributed by atoms with Crippen LogP contribution in [0, 0.1) is 6.92 Å². The van der Waals surface area contributed by atoms with Crippen molar-refractivity contribution in [2.24, 2.45) is 0 Å². The summed E-state index contributed by atoms with van der Waals surface area (Å²) in [7, 11) is 0. The molecule has 110 valence electrons. The Kier molecular flexibility index (Phi) is 10.4. The Labute approximate surface area is 125 Å². The predicted molar refractivity (Wildman–Crippen MR) is 92.5 cm³/mol. The largest absolute Gasteiger partial charge is 0.0683 e. The monoisotopic (exact) mass is 270 g/mol. The molecule has 0 aliphatic carbocycles. The van der Waals surface area contributed by atoms with Gasteiger partial charge in [0.2, 0.25) is 0 Å². The second kappa shape index (κ2) is 11.3.